The molecule has 1 aliphatic heterocycles. The van der Waals surface area contributed by atoms with Crippen molar-refractivity contribution in [3.8, 4) is 0 Å². The van der Waals surface area contributed by atoms with Crippen LogP contribution in [0.2, 0.25) is 0 Å². The number of likely N-dealkylation sites (tertiary alicyclic amines) is 1. The fraction of sp³-hybridized carbons (Fsp3) is 0.933. The number of carbonyl (C=O) groups is 1. The second kappa shape index (κ2) is 9.32. The highest BCUT2D eigenvalue weighted by Gasteiger charge is 2.20. The molecule has 0 amide bonds. The predicted octanol–water partition coefficient (Wildman–Crippen LogP) is 2.17. The van der Waals surface area contributed by atoms with E-state index in [1.54, 1.807) is 0 Å². The van der Waals surface area contributed by atoms with Crippen LogP contribution in [0, 0.1) is 5.92 Å². The molecule has 0 bridgehead atoms. The number of rotatable bonds is 8. The Bertz CT molecular complexity index is 245. The average molecular weight is 270 g/mol. The molecule has 1 atom stereocenters. The van der Waals surface area contributed by atoms with Crippen molar-refractivity contribution in [2.45, 2.75) is 58.0 Å². The molecule has 2 N–H and O–H groups in total. The minimum Gasteiger partial charge on any atom is -0.462 e. The number of ether oxygens (including phenoxy) is 1. The van der Waals surface area contributed by atoms with Crippen LogP contribution in [0.25, 0.3) is 0 Å². The lowest BCUT2D eigenvalue weighted by Gasteiger charge is -2.28. The summed E-state index contributed by atoms with van der Waals surface area (Å²) in [5.74, 6) is 0.563. The van der Waals surface area contributed by atoms with Gasteiger partial charge >= 0.3 is 5.97 Å². The molecule has 0 aromatic carbocycles. The average Bonchev–Trinajstić information content (AvgIpc) is 2.39. The smallest absolute Gasteiger partial charge is 0.306 e. The van der Waals surface area contributed by atoms with Gasteiger partial charge in [0.2, 0.25) is 0 Å². The Morgan fingerprint density at radius 2 is 2.00 bits per heavy atom. The summed E-state index contributed by atoms with van der Waals surface area (Å²) in [6, 6.07) is 0. The molecule has 1 fully saturated rings. The van der Waals surface area contributed by atoms with Crippen molar-refractivity contribution in [1.29, 1.82) is 0 Å². The van der Waals surface area contributed by atoms with Gasteiger partial charge in [-0.05, 0) is 45.2 Å². The quantitative estimate of drug-likeness (QED) is 0.687. The lowest BCUT2D eigenvalue weighted by Crippen LogP contribution is -2.35. The van der Waals surface area contributed by atoms with Crippen LogP contribution in [0.1, 0.15) is 51.9 Å². The lowest BCUT2D eigenvalue weighted by molar-refractivity contribution is -0.151. The van der Waals surface area contributed by atoms with Gasteiger partial charge < -0.3 is 15.4 Å². The molecule has 0 aliphatic carbocycles. The third-order valence-corrected chi connectivity index (χ3v) is 3.99. The maximum absolute atomic E-state index is 11.8. The molecule has 1 heterocycles. The Labute approximate surface area is 117 Å². The summed E-state index contributed by atoms with van der Waals surface area (Å²) in [5, 5.41) is 0. The number of hydrogen-bond acceptors (Lipinski definition) is 4. The number of carbonyl (C=O) groups excluding carboxylic acids is 1. The third-order valence-electron chi connectivity index (χ3n) is 3.99. The zero-order valence-electron chi connectivity index (χ0n) is 12.6. The van der Waals surface area contributed by atoms with Gasteiger partial charge in [-0.2, -0.15) is 0 Å². The molecular formula is C15H30N2O2. The summed E-state index contributed by atoms with van der Waals surface area (Å²) in [5.41, 5.74) is 5.61. The molecular weight excluding hydrogens is 240 g/mol. The monoisotopic (exact) mass is 270 g/mol. The van der Waals surface area contributed by atoms with Crippen molar-refractivity contribution >= 4 is 5.97 Å². The number of nitrogens with two attached hydrogens (primary N) is 1. The fourth-order valence-electron chi connectivity index (χ4n) is 2.75. The van der Waals surface area contributed by atoms with Crippen molar-refractivity contribution < 1.29 is 9.53 Å². The Balaban J connectivity index is 2.19. The van der Waals surface area contributed by atoms with Crippen LogP contribution in [0.3, 0.4) is 0 Å². The van der Waals surface area contributed by atoms with Gasteiger partial charge in [0.1, 0.15) is 6.10 Å². The van der Waals surface area contributed by atoms with Gasteiger partial charge in [-0.1, -0.05) is 19.8 Å². The van der Waals surface area contributed by atoms with E-state index in [9.17, 15) is 4.79 Å². The first-order chi connectivity index (χ1) is 9.15. The minimum atomic E-state index is -0.0207. The molecule has 0 aromatic rings. The Morgan fingerprint density at radius 1 is 1.32 bits per heavy atom. The number of nitrogens with zero attached hydrogens (tertiary/aromatic N) is 1. The molecule has 19 heavy (non-hydrogen) atoms. The van der Waals surface area contributed by atoms with Crippen LogP contribution in [0.4, 0.5) is 0 Å². The zero-order valence-corrected chi connectivity index (χ0v) is 12.6. The molecule has 1 aliphatic rings. The molecule has 4 nitrogen and oxygen atoms in total. The van der Waals surface area contributed by atoms with E-state index in [1.165, 1.54) is 6.42 Å². The molecule has 1 saturated heterocycles. The lowest BCUT2D eigenvalue weighted by atomic mass is 9.94. The topological polar surface area (TPSA) is 55.6 Å². The second-order valence-corrected chi connectivity index (χ2v) is 5.76. The normalized spacial score (nSPS) is 19.3. The first-order valence-electron chi connectivity index (χ1n) is 7.73. The molecule has 1 rings (SSSR count). The third kappa shape index (κ3) is 6.92. The van der Waals surface area contributed by atoms with Gasteiger partial charge in [0.25, 0.3) is 0 Å². The van der Waals surface area contributed by atoms with Gasteiger partial charge in [0.15, 0.2) is 0 Å². The summed E-state index contributed by atoms with van der Waals surface area (Å²) in [6.07, 6.45) is 6.92. The highest BCUT2D eigenvalue weighted by molar-refractivity contribution is 5.69. The molecule has 1 unspecified atom stereocenters. The van der Waals surface area contributed by atoms with Crippen LogP contribution in [-0.4, -0.2) is 43.7 Å². The van der Waals surface area contributed by atoms with Crippen LogP contribution >= 0.6 is 0 Å². The standard InChI is InChI=1S/C15H30N2O2/c1-3-4-13(7-10-16)5-6-15(18)19-14-8-11-17(2)12-9-14/h13-14H,3-12,16H2,1-2H3. The highest BCUT2D eigenvalue weighted by Crippen LogP contribution is 2.19. The molecule has 112 valence electrons. The zero-order chi connectivity index (χ0) is 14.1. The maximum atomic E-state index is 11.8. The highest BCUT2D eigenvalue weighted by atomic mass is 16.5. The Hall–Kier alpha value is -0.610. The SMILES string of the molecule is CCCC(CCN)CCC(=O)OC1CCN(C)CC1. The molecule has 4 heteroatoms. The predicted molar refractivity (Wildman–Crippen MR) is 77.9 cm³/mol. The van der Waals surface area contributed by atoms with Crippen LogP contribution < -0.4 is 5.73 Å². The number of esters is 1. The van der Waals surface area contributed by atoms with E-state index in [4.69, 9.17) is 10.5 Å². The van der Waals surface area contributed by atoms with Crippen molar-refractivity contribution in [3.05, 3.63) is 0 Å². The van der Waals surface area contributed by atoms with Crippen molar-refractivity contribution in [2.75, 3.05) is 26.7 Å². The number of hydrogen-bond donors (Lipinski definition) is 1. The summed E-state index contributed by atoms with van der Waals surface area (Å²) in [4.78, 5) is 14.1. The number of piperidine rings is 1. The van der Waals surface area contributed by atoms with Gasteiger partial charge in [-0.3, -0.25) is 4.79 Å². The van der Waals surface area contributed by atoms with Gasteiger partial charge in [-0.15, -0.1) is 0 Å². The van der Waals surface area contributed by atoms with Crippen molar-refractivity contribution in [1.82, 2.24) is 4.90 Å². The summed E-state index contributed by atoms with van der Waals surface area (Å²) in [7, 11) is 2.11. The molecule has 0 aromatic heterocycles. The first kappa shape index (κ1) is 16.4. The van der Waals surface area contributed by atoms with E-state index in [1.807, 2.05) is 0 Å². The molecule has 0 spiro atoms. The van der Waals surface area contributed by atoms with Crippen LogP contribution in [-0.2, 0) is 9.53 Å². The fourth-order valence-corrected chi connectivity index (χ4v) is 2.75. The largest absolute Gasteiger partial charge is 0.462 e. The van der Waals surface area contributed by atoms with Gasteiger partial charge in [0, 0.05) is 19.5 Å². The van der Waals surface area contributed by atoms with E-state index in [0.29, 0.717) is 18.9 Å². The summed E-state index contributed by atoms with van der Waals surface area (Å²) in [6.45, 7) is 4.96. The maximum Gasteiger partial charge on any atom is 0.306 e. The van der Waals surface area contributed by atoms with Crippen molar-refractivity contribution in [2.24, 2.45) is 11.7 Å². The Morgan fingerprint density at radius 3 is 2.58 bits per heavy atom. The first-order valence-corrected chi connectivity index (χ1v) is 7.73. The van der Waals surface area contributed by atoms with Gasteiger partial charge in [-0.25, -0.2) is 0 Å². The van der Waals surface area contributed by atoms with Crippen LogP contribution in [0.15, 0.2) is 0 Å². The Kier molecular flexibility index (Phi) is 8.07. The van der Waals surface area contributed by atoms with E-state index >= 15 is 0 Å². The molecule has 0 radical (unpaired) electrons. The van der Waals surface area contributed by atoms with E-state index < -0.39 is 0 Å². The van der Waals surface area contributed by atoms with Crippen LogP contribution in [0.5, 0.6) is 0 Å². The van der Waals surface area contributed by atoms with E-state index in [2.05, 4.69) is 18.9 Å². The van der Waals surface area contributed by atoms with E-state index in [0.717, 1.165) is 45.2 Å². The summed E-state index contributed by atoms with van der Waals surface area (Å²) >= 11 is 0. The summed E-state index contributed by atoms with van der Waals surface area (Å²) < 4.78 is 5.55. The van der Waals surface area contributed by atoms with E-state index in [-0.39, 0.29) is 12.1 Å². The van der Waals surface area contributed by atoms with Gasteiger partial charge in [0.05, 0.1) is 0 Å². The minimum absolute atomic E-state index is 0.0207. The van der Waals surface area contributed by atoms with Crippen molar-refractivity contribution in [3.63, 3.8) is 0 Å². The molecule has 0 saturated carbocycles. The second-order valence-electron chi connectivity index (χ2n) is 5.76.